The number of halogens is 1. The molecule has 0 unspecified atom stereocenters. The highest BCUT2D eigenvalue weighted by Crippen LogP contribution is 2.06. The molecule has 0 bridgehead atoms. The molecule has 2 rings (SSSR count). The lowest BCUT2D eigenvalue weighted by molar-refractivity contribution is 0.604. The molecular formula is C13H18ClN3. The first-order chi connectivity index (χ1) is 7.88. The zero-order valence-corrected chi connectivity index (χ0v) is 10.8. The topological polar surface area (TPSA) is 29.9 Å². The van der Waals surface area contributed by atoms with Crippen LogP contribution in [0.25, 0.3) is 0 Å². The van der Waals surface area contributed by atoms with Crippen LogP contribution in [0.4, 0.5) is 5.82 Å². The Hall–Kier alpha value is -1.48. The first-order valence-corrected chi connectivity index (χ1v) is 5.69. The van der Waals surface area contributed by atoms with Crippen LogP contribution in [0, 0.1) is 0 Å². The van der Waals surface area contributed by atoms with E-state index in [1.807, 2.05) is 35.1 Å². The van der Waals surface area contributed by atoms with E-state index in [9.17, 15) is 0 Å². The van der Waals surface area contributed by atoms with Gasteiger partial charge in [0.05, 0.1) is 0 Å². The van der Waals surface area contributed by atoms with Crippen LogP contribution < -0.4 is 5.32 Å². The molecule has 0 aliphatic heterocycles. The standard InChI is InChI=1S/C13H17N3.ClH/c1-2-9-16-10-8-13(15-16)14-11-12-6-4-3-5-7-12;/h3-8,10H,2,9,11H2,1H3,(H,14,15);1H. The highest BCUT2D eigenvalue weighted by Gasteiger charge is 1.97. The summed E-state index contributed by atoms with van der Waals surface area (Å²) in [5.41, 5.74) is 1.27. The van der Waals surface area contributed by atoms with Crippen LogP contribution in [-0.2, 0) is 13.1 Å². The van der Waals surface area contributed by atoms with Crippen molar-refractivity contribution >= 4 is 18.2 Å². The number of aryl methyl sites for hydroxylation is 1. The average Bonchev–Trinajstić information content (AvgIpc) is 2.76. The fourth-order valence-corrected chi connectivity index (χ4v) is 1.60. The van der Waals surface area contributed by atoms with Crippen LogP contribution in [0.3, 0.4) is 0 Å². The molecule has 0 fully saturated rings. The van der Waals surface area contributed by atoms with Gasteiger partial charge in [-0.3, -0.25) is 4.68 Å². The smallest absolute Gasteiger partial charge is 0.148 e. The van der Waals surface area contributed by atoms with Gasteiger partial charge in [0.2, 0.25) is 0 Å². The second-order valence-corrected chi connectivity index (χ2v) is 3.80. The zero-order chi connectivity index (χ0) is 11.2. The lowest BCUT2D eigenvalue weighted by Crippen LogP contribution is -2.02. The third-order valence-electron chi connectivity index (χ3n) is 2.41. The highest BCUT2D eigenvalue weighted by molar-refractivity contribution is 5.85. The van der Waals surface area contributed by atoms with Gasteiger partial charge in [-0.2, -0.15) is 5.10 Å². The quantitative estimate of drug-likeness (QED) is 0.884. The molecule has 1 aromatic carbocycles. The van der Waals surface area contributed by atoms with Gasteiger partial charge in [-0.1, -0.05) is 37.3 Å². The predicted molar refractivity (Wildman–Crippen MR) is 73.5 cm³/mol. The molecule has 92 valence electrons. The molecule has 0 atom stereocenters. The minimum atomic E-state index is 0. The van der Waals surface area contributed by atoms with Crippen molar-refractivity contribution in [3.63, 3.8) is 0 Å². The molecule has 0 radical (unpaired) electrons. The first kappa shape index (κ1) is 13.6. The van der Waals surface area contributed by atoms with E-state index in [0.29, 0.717) is 0 Å². The first-order valence-electron chi connectivity index (χ1n) is 5.69. The van der Waals surface area contributed by atoms with Crippen molar-refractivity contribution in [3.05, 3.63) is 48.2 Å². The molecular weight excluding hydrogens is 234 g/mol. The van der Waals surface area contributed by atoms with E-state index in [-0.39, 0.29) is 12.4 Å². The van der Waals surface area contributed by atoms with E-state index >= 15 is 0 Å². The highest BCUT2D eigenvalue weighted by atomic mass is 35.5. The van der Waals surface area contributed by atoms with Gasteiger partial charge in [0.25, 0.3) is 0 Å². The van der Waals surface area contributed by atoms with Crippen molar-refractivity contribution < 1.29 is 0 Å². The van der Waals surface area contributed by atoms with E-state index in [1.165, 1.54) is 5.56 Å². The summed E-state index contributed by atoms with van der Waals surface area (Å²) in [6.07, 6.45) is 3.12. The van der Waals surface area contributed by atoms with Crippen molar-refractivity contribution in [2.24, 2.45) is 0 Å². The molecule has 1 N–H and O–H groups in total. The van der Waals surface area contributed by atoms with Crippen LogP contribution in [0.5, 0.6) is 0 Å². The van der Waals surface area contributed by atoms with Crippen molar-refractivity contribution in [3.8, 4) is 0 Å². The molecule has 0 aliphatic carbocycles. The molecule has 1 heterocycles. The van der Waals surface area contributed by atoms with Gasteiger partial charge in [-0.15, -0.1) is 12.4 Å². The Morgan fingerprint density at radius 2 is 1.94 bits per heavy atom. The molecule has 3 nitrogen and oxygen atoms in total. The maximum Gasteiger partial charge on any atom is 0.148 e. The van der Waals surface area contributed by atoms with E-state index in [4.69, 9.17) is 0 Å². The van der Waals surface area contributed by atoms with Gasteiger partial charge >= 0.3 is 0 Å². The summed E-state index contributed by atoms with van der Waals surface area (Å²) in [5, 5.41) is 7.73. The number of anilines is 1. The minimum Gasteiger partial charge on any atom is -0.365 e. The Kier molecular flexibility index (Phi) is 5.57. The average molecular weight is 252 g/mol. The van der Waals surface area contributed by atoms with Gasteiger partial charge in [-0.25, -0.2) is 0 Å². The summed E-state index contributed by atoms with van der Waals surface area (Å²) in [4.78, 5) is 0. The van der Waals surface area contributed by atoms with E-state index in [1.54, 1.807) is 0 Å². The summed E-state index contributed by atoms with van der Waals surface area (Å²) >= 11 is 0. The van der Waals surface area contributed by atoms with E-state index in [0.717, 1.165) is 25.3 Å². The fraction of sp³-hybridized carbons (Fsp3) is 0.308. The third kappa shape index (κ3) is 4.11. The van der Waals surface area contributed by atoms with Gasteiger partial charge in [0, 0.05) is 25.4 Å². The summed E-state index contributed by atoms with van der Waals surface area (Å²) in [6, 6.07) is 12.4. The van der Waals surface area contributed by atoms with Crippen LogP contribution in [0.2, 0.25) is 0 Å². The number of hydrogen-bond donors (Lipinski definition) is 1. The van der Waals surface area contributed by atoms with Crippen molar-refractivity contribution in [2.45, 2.75) is 26.4 Å². The molecule has 0 saturated carbocycles. The molecule has 0 aliphatic rings. The zero-order valence-electron chi connectivity index (χ0n) is 9.97. The largest absolute Gasteiger partial charge is 0.365 e. The Balaban J connectivity index is 0.00000144. The summed E-state index contributed by atoms with van der Waals surface area (Å²) in [5.74, 6) is 0.942. The molecule has 1 aromatic heterocycles. The third-order valence-corrected chi connectivity index (χ3v) is 2.41. The molecule has 0 saturated heterocycles. The molecule has 17 heavy (non-hydrogen) atoms. The Labute approximate surface area is 108 Å². The fourth-order valence-electron chi connectivity index (χ4n) is 1.60. The number of benzene rings is 1. The minimum absolute atomic E-state index is 0. The molecule has 2 aromatic rings. The Morgan fingerprint density at radius 1 is 1.18 bits per heavy atom. The molecule has 4 heteroatoms. The van der Waals surface area contributed by atoms with Gasteiger partial charge < -0.3 is 5.32 Å². The van der Waals surface area contributed by atoms with Crippen LogP contribution in [0.15, 0.2) is 42.6 Å². The van der Waals surface area contributed by atoms with Crippen LogP contribution in [-0.4, -0.2) is 9.78 Å². The predicted octanol–water partition coefficient (Wildman–Crippen LogP) is 3.33. The lowest BCUT2D eigenvalue weighted by Gasteiger charge is -2.02. The SMILES string of the molecule is CCCn1ccc(NCc2ccccc2)n1.Cl. The second kappa shape index (κ2) is 6.97. The van der Waals surface area contributed by atoms with Crippen LogP contribution in [0.1, 0.15) is 18.9 Å². The number of hydrogen-bond acceptors (Lipinski definition) is 2. The number of nitrogens with zero attached hydrogens (tertiary/aromatic N) is 2. The summed E-state index contributed by atoms with van der Waals surface area (Å²) < 4.78 is 1.97. The number of rotatable bonds is 5. The maximum atomic E-state index is 4.42. The van der Waals surface area contributed by atoms with E-state index < -0.39 is 0 Å². The van der Waals surface area contributed by atoms with E-state index in [2.05, 4.69) is 29.5 Å². The summed E-state index contributed by atoms with van der Waals surface area (Å²) in [7, 11) is 0. The van der Waals surface area contributed by atoms with Gasteiger partial charge in [0.15, 0.2) is 0 Å². The van der Waals surface area contributed by atoms with Crippen molar-refractivity contribution in [2.75, 3.05) is 5.32 Å². The van der Waals surface area contributed by atoms with Crippen molar-refractivity contribution in [1.82, 2.24) is 9.78 Å². The summed E-state index contributed by atoms with van der Waals surface area (Å²) in [6.45, 7) is 3.95. The molecule has 0 spiro atoms. The van der Waals surface area contributed by atoms with Gasteiger partial charge in [-0.05, 0) is 12.0 Å². The number of nitrogens with one attached hydrogen (secondary N) is 1. The normalized spacial score (nSPS) is 9.71. The Morgan fingerprint density at radius 3 is 2.65 bits per heavy atom. The molecule has 0 amide bonds. The van der Waals surface area contributed by atoms with Gasteiger partial charge in [0.1, 0.15) is 5.82 Å². The number of aromatic nitrogens is 2. The maximum absolute atomic E-state index is 4.42. The second-order valence-electron chi connectivity index (χ2n) is 3.80. The monoisotopic (exact) mass is 251 g/mol. The van der Waals surface area contributed by atoms with Crippen LogP contribution >= 0.6 is 12.4 Å². The Bertz CT molecular complexity index is 425. The lowest BCUT2D eigenvalue weighted by atomic mass is 10.2. The van der Waals surface area contributed by atoms with Crippen molar-refractivity contribution in [1.29, 1.82) is 0 Å².